The van der Waals surface area contributed by atoms with Crippen molar-refractivity contribution in [3.8, 4) is 0 Å². The van der Waals surface area contributed by atoms with Crippen LogP contribution in [0, 0.1) is 16.3 Å². The molecule has 122 valence electrons. The van der Waals surface area contributed by atoms with E-state index >= 15 is 0 Å². The Hall–Kier alpha value is -1.48. The number of thiophene rings is 1. The van der Waals surface area contributed by atoms with Gasteiger partial charge in [-0.2, -0.15) is 0 Å². The number of ketones is 1. The van der Waals surface area contributed by atoms with Gasteiger partial charge >= 0.3 is 5.97 Å². The minimum atomic E-state index is -0.526. The fraction of sp³-hybridized carbons (Fsp3) is 0.250. The Morgan fingerprint density at radius 3 is 2.65 bits per heavy atom. The van der Waals surface area contributed by atoms with E-state index in [9.17, 15) is 14.0 Å². The topological polar surface area (TPSA) is 55.4 Å². The molecular formula is C16H15FINO3S. The lowest BCUT2D eigenvalue weighted by Crippen LogP contribution is -2.08. The molecule has 0 atom stereocenters. The number of nitrogens with one attached hydrogen (secondary N) is 1. The van der Waals surface area contributed by atoms with E-state index in [0.717, 1.165) is 14.9 Å². The molecule has 1 N–H and O–H groups in total. The van der Waals surface area contributed by atoms with Crippen LogP contribution >= 0.6 is 33.9 Å². The van der Waals surface area contributed by atoms with Crippen LogP contribution in [-0.4, -0.2) is 18.4 Å². The second kappa shape index (κ2) is 7.39. The van der Waals surface area contributed by atoms with Crippen LogP contribution in [0.25, 0.3) is 0 Å². The van der Waals surface area contributed by atoms with Gasteiger partial charge in [-0.05, 0) is 67.1 Å². The second-order valence-electron chi connectivity index (χ2n) is 4.79. The average Bonchev–Trinajstić information content (AvgIpc) is 2.79. The molecule has 1 aromatic heterocycles. The predicted octanol–water partition coefficient (Wildman–Crippen LogP) is 4.92. The Kier molecular flexibility index (Phi) is 5.74. The minimum Gasteiger partial charge on any atom is -0.462 e. The zero-order valence-electron chi connectivity index (χ0n) is 12.8. The summed E-state index contributed by atoms with van der Waals surface area (Å²) in [6.07, 6.45) is 0. The quantitative estimate of drug-likeness (QED) is 0.402. The van der Waals surface area contributed by atoms with Crippen molar-refractivity contribution in [2.24, 2.45) is 0 Å². The number of benzene rings is 1. The maximum atomic E-state index is 14.0. The normalized spacial score (nSPS) is 10.5. The number of Topliss-reactive ketones (excluding diaryl/α,β-unsaturated/α-hetero) is 1. The van der Waals surface area contributed by atoms with Crippen molar-refractivity contribution in [1.82, 2.24) is 0 Å². The molecule has 2 rings (SSSR count). The number of hydrogen-bond donors (Lipinski definition) is 1. The van der Waals surface area contributed by atoms with Crippen LogP contribution in [0.5, 0.6) is 0 Å². The largest absolute Gasteiger partial charge is 0.462 e. The molecule has 2 aromatic rings. The zero-order valence-corrected chi connectivity index (χ0v) is 15.8. The summed E-state index contributed by atoms with van der Waals surface area (Å²) >= 11 is 3.14. The molecular weight excluding hydrogens is 432 g/mol. The SMILES string of the molecule is CCOC(=O)c1c(Nc2ccc(I)cc2F)sc(C(C)=O)c1C. The lowest BCUT2D eigenvalue weighted by molar-refractivity contribution is 0.0527. The van der Waals surface area contributed by atoms with Crippen LogP contribution in [-0.2, 0) is 4.74 Å². The van der Waals surface area contributed by atoms with Crippen molar-refractivity contribution in [3.05, 3.63) is 43.6 Å². The smallest absolute Gasteiger partial charge is 0.341 e. The molecule has 23 heavy (non-hydrogen) atoms. The van der Waals surface area contributed by atoms with Gasteiger partial charge in [-0.3, -0.25) is 4.79 Å². The molecule has 0 saturated carbocycles. The van der Waals surface area contributed by atoms with Crippen LogP contribution in [0.4, 0.5) is 15.1 Å². The van der Waals surface area contributed by atoms with E-state index in [0.29, 0.717) is 15.4 Å². The second-order valence-corrected chi connectivity index (χ2v) is 7.05. The monoisotopic (exact) mass is 447 g/mol. The summed E-state index contributed by atoms with van der Waals surface area (Å²) in [5.41, 5.74) is 1.07. The summed E-state index contributed by atoms with van der Waals surface area (Å²) in [7, 11) is 0. The lowest BCUT2D eigenvalue weighted by atomic mass is 10.1. The molecule has 0 saturated heterocycles. The Labute approximate surface area is 151 Å². The van der Waals surface area contributed by atoms with Gasteiger partial charge in [0.05, 0.1) is 22.7 Å². The number of esters is 1. The summed E-state index contributed by atoms with van der Waals surface area (Å²) < 4.78 is 19.9. The minimum absolute atomic E-state index is 0.144. The predicted molar refractivity (Wildman–Crippen MR) is 97.4 cm³/mol. The first kappa shape index (κ1) is 17.9. The molecule has 0 aliphatic carbocycles. The highest BCUT2D eigenvalue weighted by Crippen LogP contribution is 2.36. The third-order valence-electron chi connectivity index (χ3n) is 3.13. The third-order valence-corrected chi connectivity index (χ3v) is 5.10. The van der Waals surface area contributed by atoms with E-state index in [-0.39, 0.29) is 23.6 Å². The highest BCUT2D eigenvalue weighted by molar-refractivity contribution is 14.1. The molecule has 0 bridgehead atoms. The number of carbonyl (C=O) groups is 2. The van der Waals surface area contributed by atoms with Crippen molar-refractivity contribution in [2.75, 3.05) is 11.9 Å². The molecule has 0 aliphatic heterocycles. The fourth-order valence-corrected chi connectivity index (χ4v) is 3.66. The van der Waals surface area contributed by atoms with E-state index < -0.39 is 11.8 Å². The molecule has 0 fully saturated rings. The molecule has 1 heterocycles. The van der Waals surface area contributed by atoms with E-state index in [1.807, 2.05) is 22.6 Å². The van der Waals surface area contributed by atoms with Gasteiger partial charge in [0.25, 0.3) is 0 Å². The molecule has 0 aliphatic rings. The molecule has 0 radical (unpaired) electrons. The van der Waals surface area contributed by atoms with Crippen LogP contribution in [0.2, 0.25) is 0 Å². The number of hydrogen-bond acceptors (Lipinski definition) is 5. The first-order valence-corrected chi connectivity index (χ1v) is 8.78. The third kappa shape index (κ3) is 3.89. The summed E-state index contributed by atoms with van der Waals surface area (Å²) in [6.45, 7) is 5.05. The number of ether oxygens (including phenoxy) is 1. The van der Waals surface area contributed by atoms with Gasteiger partial charge < -0.3 is 10.1 Å². The molecule has 1 aromatic carbocycles. The highest BCUT2D eigenvalue weighted by Gasteiger charge is 2.24. The number of carbonyl (C=O) groups excluding carboxylic acids is 2. The molecule has 0 amide bonds. The van der Waals surface area contributed by atoms with Crippen molar-refractivity contribution >= 4 is 56.4 Å². The fourth-order valence-electron chi connectivity index (χ4n) is 2.10. The van der Waals surface area contributed by atoms with Gasteiger partial charge in [0.15, 0.2) is 5.78 Å². The van der Waals surface area contributed by atoms with E-state index in [2.05, 4.69) is 5.32 Å². The first-order valence-electron chi connectivity index (χ1n) is 6.88. The van der Waals surface area contributed by atoms with Crippen LogP contribution < -0.4 is 5.32 Å². The Morgan fingerprint density at radius 1 is 1.39 bits per heavy atom. The van der Waals surface area contributed by atoms with Crippen LogP contribution in [0.1, 0.15) is 39.4 Å². The molecule has 0 spiro atoms. The van der Waals surface area contributed by atoms with Crippen LogP contribution in [0.15, 0.2) is 18.2 Å². The zero-order chi connectivity index (χ0) is 17.1. The Bertz CT molecular complexity index is 773. The average molecular weight is 447 g/mol. The van der Waals surface area contributed by atoms with Crippen molar-refractivity contribution in [3.63, 3.8) is 0 Å². The van der Waals surface area contributed by atoms with Gasteiger partial charge in [0.1, 0.15) is 10.8 Å². The molecule has 4 nitrogen and oxygen atoms in total. The van der Waals surface area contributed by atoms with Gasteiger partial charge in [-0.25, -0.2) is 9.18 Å². The van der Waals surface area contributed by atoms with Gasteiger partial charge in [0.2, 0.25) is 0 Å². The molecule has 7 heteroatoms. The van der Waals surface area contributed by atoms with Crippen molar-refractivity contribution < 1.29 is 18.7 Å². The number of rotatable bonds is 5. The number of anilines is 2. The standard InChI is InChI=1S/C16H15FINO3S/c1-4-22-16(21)13-8(2)14(9(3)20)23-15(13)19-12-6-5-10(18)7-11(12)17/h5-7,19H,4H2,1-3H3. The summed E-state index contributed by atoms with van der Waals surface area (Å²) in [5.74, 6) is -1.10. The Morgan fingerprint density at radius 2 is 2.09 bits per heavy atom. The highest BCUT2D eigenvalue weighted by atomic mass is 127. The van der Waals surface area contributed by atoms with Gasteiger partial charge in [-0.15, -0.1) is 11.3 Å². The van der Waals surface area contributed by atoms with Gasteiger partial charge in [-0.1, -0.05) is 0 Å². The maximum Gasteiger partial charge on any atom is 0.341 e. The van der Waals surface area contributed by atoms with Crippen molar-refractivity contribution in [1.29, 1.82) is 0 Å². The van der Waals surface area contributed by atoms with Gasteiger partial charge in [0, 0.05) is 3.57 Å². The Balaban J connectivity index is 2.49. The van der Waals surface area contributed by atoms with E-state index in [1.165, 1.54) is 13.0 Å². The van der Waals surface area contributed by atoms with E-state index in [4.69, 9.17) is 4.74 Å². The molecule has 0 unspecified atom stereocenters. The van der Waals surface area contributed by atoms with Crippen molar-refractivity contribution in [2.45, 2.75) is 20.8 Å². The summed E-state index contributed by atoms with van der Waals surface area (Å²) in [4.78, 5) is 24.4. The number of halogens is 2. The van der Waals surface area contributed by atoms with Crippen LogP contribution in [0.3, 0.4) is 0 Å². The summed E-state index contributed by atoms with van der Waals surface area (Å²) in [6, 6.07) is 4.73. The lowest BCUT2D eigenvalue weighted by Gasteiger charge is -2.09. The summed E-state index contributed by atoms with van der Waals surface area (Å²) in [5, 5.41) is 3.32. The first-order chi connectivity index (χ1) is 10.8. The van der Waals surface area contributed by atoms with E-state index in [1.54, 1.807) is 26.0 Å². The maximum absolute atomic E-state index is 14.0.